The van der Waals surface area contributed by atoms with Gasteiger partial charge in [0.05, 0.1) is 0 Å². The van der Waals surface area contributed by atoms with Gasteiger partial charge in [-0.05, 0) is 31.3 Å². The highest BCUT2D eigenvalue weighted by atomic mass is 14.9. The van der Waals surface area contributed by atoms with E-state index in [-0.39, 0.29) is 7.43 Å². The van der Waals surface area contributed by atoms with Gasteiger partial charge in [-0.25, -0.2) is 0 Å². The lowest BCUT2D eigenvalue weighted by molar-refractivity contribution is 0.321. The molecule has 56 valence electrons. The summed E-state index contributed by atoms with van der Waals surface area (Å²) in [6.45, 7) is 7.07. The molecule has 1 heterocycles. The van der Waals surface area contributed by atoms with Crippen molar-refractivity contribution in [2.45, 2.75) is 27.7 Å². The zero-order valence-electron chi connectivity index (χ0n) is 5.78. The molecule has 1 heteroatoms. The van der Waals surface area contributed by atoms with Crippen molar-refractivity contribution in [2.75, 3.05) is 13.1 Å². The molecule has 1 nitrogen and oxygen atoms in total. The molecule has 2 atom stereocenters. The molecule has 9 heavy (non-hydrogen) atoms. The third-order valence-electron chi connectivity index (χ3n) is 1.79. The standard InChI is InChI=1S/C7H15N.CH4/c1-6-3-7(2)5-8-4-6;/h6-8H,3-5H2,1-2H3;1H4/t6-,7+;. The lowest BCUT2D eigenvalue weighted by atomic mass is 9.94. The van der Waals surface area contributed by atoms with Crippen LogP contribution in [0.3, 0.4) is 0 Å². The first-order chi connectivity index (χ1) is 3.79. The van der Waals surface area contributed by atoms with E-state index in [0.717, 1.165) is 11.8 Å². The van der Waals surface area contributed by atoms with E-state index in [0.29, 0.717) is 0 Å². The van der Waals surface area contributed by atoms with E-state index in [1.807, 2.05) is 0 Å². The van der Waals surface area contributed by atoms with Gasteiger partial charge in [-0.3, -0.25) is 0 Å². The summed E-state index contributed by atoms with van der Waals surface area (Å²) in [5, 5.41) is 3.38. The zero-order chi connectivity index (χ0) is 5.98. The Kier molecular flexibility index (Phi) is 3.87. The maximum Gasteiger partial charge on any atom is -0.00229 e. The molecular weight excluding hydrogens is 110 g/mol. The van der Waals surface area contributed by atoms with Crippen molar-refractivity contribution in [3.8, 4) is 0 Å². The van der Waals surface area contributed by atoms with Crippen LogP contribution >= 0.6 is 0 Å². The van der Waals surface area contributed by atoms with E-state index in [2.05, 4.69) is 19.2 Å². The lowest BCUT2D eigenvalue weighted by Gasteiger charge is -2.24. The molecule has 0 aliphatic carbocycles. The molecule has 0 aromatic carbocycles. The van der Waals surface area contributed by atoms with E-state index in [4.69, 9.17) is 0 Å². The Hall–Kier alpha value is -0.0400. The molecule has 0 radical (unpaired) electrons. The summed E-state index contributed by atoms with van der Waals surface area (Å²) in [6, 6.07) is 0. The van der Waals surface area contributed by atoms with Crippen LogP contribution in [0, 0.1) is 11.8 Å². The van der Waals surface area contributed by atoms with Gasteiger partial charge in [0.1, 0.15) is 0 Å². The molecule has 1 aliphatic rings. The van der Waals surface area contributed by atoms with Gasteiger partial charge >= 0.3 is 0 Å². The summed E-state index contributed by atoms with van der Waals surface area (Å²) in [5.74, 6) is 1.80. The second kappa shape index (κ2) is 3.89. The van der Waals surface area contributed by atoms with Gasteiger partial charge in [0.15, 0.2) is 0 Å². The summed E-state index contributed by atoms with van der Waals surface area (Å²) in [7, 11) is 0. The summed E-state index contributed by atoms with van der Waals surface area (Å²) in [4.78, 5) is 0. The molecule has 1 rings (SSSR count). The second-order valence-electron chi connectivity index (χ2n) is 3.10. The average Bonchev–Trinajstić information content (AvgIpc) is 1.64. The minimum absolute atomic E-state index is 0. The van der Waals surface area contributed by atoms with Crippen LogP contribution in [0.15, 0.2) is 0 Å². The number of rotatable bonds is 0. The van der Waals surface area contributed by atoms with Gasteiger partial charge in [-0.15, -0.1) is 0 Å². The molecule has 0 amide bonds. The molecule has 0 aromatic rings. The SMILES string of the molecule is C.C[C@@H]1CNC[C@H](C)C1. The van der Waals surface area contributed by atoms with Crippen LogP contribution in [0.2, 0.25) is 0 Å². The third-order valence-corrected chi connectivity index (χ3v) is 1.79. The molecule has 1 fully saturated rings. The van der Waals surface area contributed by atoms with Crippen LogP contribution < -0.4 is 5.32 Å². The van der Waals surface area contributed by atoms with E-state index in [1.54, 1.807) is 0 Å². The maximum absolute atomic E-state index is 3.38. The molecule has 0 bridgehead atoms. The maximum atomic E-state index is 3.38. The molecule has 0 saturated carbocycles. The van der Waals surface area contributed by atoms with Gasteiger partial charge in [0.25, 0.3) is 0 Å². The van der Waals surface area contributed by atoms with Gasteiger partial charge in [0.2, 0.25) is 0 Å². The van der Waals surface area contributed by atoms with Crippen molar-refractivity contribution in [3.05, 3.63) is 0 Å². The fourth-order valence-corrected chi connectivity index (χ4v) is 1.43. The second-order valence-corrected chi connectivity index (χ2v) is 3.10. The molecule has 0 aromatic heterocycles. The summed E-state index contributed by atoms with van der Waals surface area (Å²) < 4.78 is 0. The minimum atomic E-state index is 0. The Morgan fingerprint density at radius 3 is 1.78 bits per heavy atom. The highest BCUT2D eigenvalue weighted by Crippen LogP contribution is 2.13. The summed E-state index contributed by atoms with van der Waals surface area (Å²) in [5.41, 5.74) is 0. The quantitative estimate of drug-likeness (QED) is 0.526. The van der Waals surface area contributed by atoms with Crippen LogP contribution in [-0.4, -0.2) is 13.1 Å². The van der Waals surface area contributed by atoms with E-state index >= 15 is 0 Å². The normalized spacial score (nSPS) is 35.3. The molecular formula is C8H19N. The van der Waals surface area contributed by atoms with Crippen molar-refractivity contribution in [2.24, 2.45) is 11.8 Å². The first-order valence-corrected chi connectivity index (χ1v) is 3.49. The molecule has 1 N–H and O–H groups in total. The Morgan fingerprint density at radius 2 is 1.56 bits per heavy atom. The topological polar surface area (TPSA) is 12.0 Å². The van der Waals surface area contributed by atoms with E-state index in [1.165, 1.54) is 19.5 Å². The van der Waals surface area contributed by atoms with Gasteiger partial charge in [-0.2, -0.15) is 0 Å². The minimum Gasteiger partial charge on any atom is -0.316 e. The zero-order valence-corrected chi connectivity index (χ0v) is 5.78. The van der Waals surface area contributed by atoms with Crippen molar-refractivity contribution < 1.29 is 0 Å². The summed E-state index contributed by atoms with van der Waals surface area (Å²) in [6.07, 6.45) is 1.41. The van der Waals surface area contributed by atoms with Crippen molar-refractivity contribution >= 4 is 0 Å². The smallest absolute Gasteiger partial charge is 0.00229 e. The molecule has 1 saturated heterocycles. The van der Waals surface area contributed by atoms with Crippen LogP contribution in [0.1, 0.15) is 27.7 Å². The monoisotopic (exact) mass is 129 g/mol. The fraction of sp³-hybridized carbons (Fsp3) is 1.00. The Bertz CT molecular complexity index is 63.0. The van der Waals surface area contributed by atoms with Crippen molar-refractivity contribution in [1.29, 1.82) is 0 Å². The molecule has 0 unspecified atom stereocenters. The van der Waals surface area contributed by atoms with Gasteiger partial charge in [-0.1, -0.05) is 21.3 Å². The van der Waals surface area contributed by atoms with Crippen molar-refractivity contribution in [1.82, 2.24) is 5.32 Å². The van der Waals surface area contributed by atoms with Crippen LogP contribution in [-0.2, 0) is 0 Å². The Balaban J connectivity index is 0.000000640. The fourth-order valence-electron chi connectivity index (χ4n) is 1.43. The van der Waals surface area contributed by atoms with Crippen molar-refractivity contribution in [3.63, 3.8) is 0 Å². The average molecular weight is 129 g/mol. The van der Waals surface area contributed by atoms with Crippen LogP contribution in [0.5, 0.6) is 0 Å². The number of piperidine rings is 1. The summed E-state index contributed by atoms with van der Waals surface area (Å²) >= 11 is 0. The number of hydrogen-bond donors (Lipinski definition) is 1. The van der Waals surface area contributed by atoms with E-state index in [9.17, 15) is 0 Å². The van der Waals surface area contributed by atoms with Crippen LogP contribution in [0.4, 0.5) is 0 Å². The van der Waals surface area contributed by atoms with Crippen LogP contribution in [0.25, 0.3) is 0 Å². The van der Waals surface area contributed by atoms with Gasteiger partial charge in [0, 0.05) is 0 Å². The predicted octanol–water partition coefficient (Wildman–Crippen LogP) is 1.89. The molecule has 0 spiro atoms. The molecule has 1 aliphatic heterocycles. The highest BCUT2D eigenvalue weighted by molar-refractivity contribution is 4.69. The van der Waals surface area contributed by atoms with E-state index < -0.39 is 0 Å². The third kappa shape index (κ3) is 2.85. The van der Waals surface area contributed by atoms with Gasteiger partial charge < -0.3 is 5.32 Å². The Labute approximate surface area is 58.8 Å². The first kappa shape index (κ1) is 8.96. The number of nitrogens with one attached hydrogen (secondary N) is 1. The Morgan fingerprint density at radius 1 is 1.11 bits per heavy atom. The number of hydrogen-bond acceptors (Lipinski definition) is 1. The first-order valence-electron chi connectivity index (χ1n) is 3.49. The highest BCUT2D eigenvalue weighted by Gasteiger charge is 2.12. The largest absolute Gasteiger partial charge is 0.316 e. The predicted molar refractivity (Wildman–Crippen MR) is 42.5 cm³/mol. The lowest BCUT2D eigenvalue weighted by Crippen LogP contribution is -2.33.